The molecule has 0 spiro atoms. The number of carboxylic acids is 1. The van der Waals surface area contributed by atoms with Gasteiger partial charge in [-0.1, -0.05) is 6.07 Å². The summed E-state index contributed by atoms with van der Waals surface area (Å²) in [7, 11) is 4.11. The average molecular weight is 194 g/mol. The summed E-state index contributed by atoms with van der Waals surface area (Å²) in [5.41, 5.74) is 1.37. The van der Waals surface area contributed by atoms with Crippen molar-refractivity contribution in [2.24, 2.45) is 0 Å². The van der Waals surface area contributed by atoms with Gasteiger partial charge in [0.1, 0.15) is 5.69 Å². The molecule has 0 heterocycles. The van der Waals surface area contributed by atoms with E-state index in [1.54, 1.807) is 18.2 Å². The summed E-state index contributed by atoms with van der Waals surface area (Å²) in [4.78, 5) is 10.8. The van der Waals surface area contributed by atoms with E-state index in [0.717, 1.165) is 12.2 Å². The quantitative estimate of drug-likeness (QED) is 0.747. The van der Waals surface area contributed by atoms with Gasteiger partial charge in [-0.15, -0.1) is 0 Å². The highest BCUT2D eigenvalue weighted by Crippen LogP contribution is 2.19. The molecular formula is C11H16NO2+. The Balaban J connectivity index is 3.12. The number of rotatable bonds is 3. The number of benzene rings is 1. The maximum atomic E-state index is 10.8. The molecule has 14 heavy (non-hydrogen) atoms. The Morgan fingerprint density at radius 2 is 2.07 bits per heavy atom. The fourth-order valence-electron chi connectivity index (χ4n) is 1.20. The van der Waals surface area contributed by atoms with Crippen LogP contribution in [0.5, 0.6) is 0 Å². The molecule has 0 saturated heterocycles. The minimum absolute atomic E-state index is 0.349. The first-order chi connectivity index (χ1) is 6.47. The number of hydrogen-bond donors (Lipinski definition) is 1. The lowest BCUT2D eigenvalue weighted by Crippen LogP contribution is -2.39. The molecule has 1 rings (SSSR count). The first-order valence-electron chi connectivity index (χ1n) is 4.64. The number of quaternary nitrogens is 1. The summed E-state index contributed by atoms with van der Waals surface area (Å²) in [6, 6.07) is 7.08. The Kier molecular flexibility index (Phi) is 2.91. The smallest absolute Gasteiger partial charge is 0.335 e. The van der Waals surface area contributed by atoms with Gasteiger partial charge in [-0.05, 0) is 19.1 Å². The molecule has 1 N–H and O–H groups in total. The summed E-state index contributed by atoms with van der Waals surface area (Å²) in [5, 5.41) is 8.84. The topological polar surface area (TPSA) is 37.3 Å². The van der Waals surface area contributed by atoms with Crippen LogP contribution in [0.1, 0.15) is 17.3 Å². The number of aromatic carboxylic acids is 1. The number of nitrogens with zero attached hydrogens (tertiary/aromatic N) is 1. The maximum absolute atomic E-state index is 10.8. The highest BCUT2D eigenvalue weighted by atomic mass is 16.4. The van der Waals surface area contributed by atoms with Crippen molar-refractivity contribution < 1.29 is 9.90 Å². The van der Waals surface area contributed by atoms with E-state index in [0.29, 0.717) is 10.0 Å². The van der Waals surface area contributed by atoms with Gasteiger partial charge in [0.05, 0.1) is 26.2 Å². The Hall–Kier alpha value is -1.35. The van der Waals surface area contributed by atoms with Gasteiger partial charge >= 0.3 is 5.97 Å². The van der Waals surface area contributed by atoms with E-state index < -0.39 is 5.97 Å². The van der Waals surface area contributed by atoms with E-state index in [1.165, 1.54) is 0 Å². The van der Waals surface area contributed by atoms with Crippen molar-refractivity contribution >= 4 is 11.7 Å². The zero-order chi connectivity index (χ0) is 10.8. The monoisotopic (exact) mass is 194 g/mol. The Morgan fingerprint density at radius 1 is 1.43 bits per heavy atom. The third kappa shape index (κ3) is 2.12. The molecule has 0 radical (unpaired) electrons. The molecule has 1 aromatic rings. The number of carboxylic acid groups (broad SMARTS) is 1. The third-order valence-electron chi connectivity index (χ3n) is 2.58. The van der Waals surface area contributed by atoms with E-state index in [9.17, 15) is 4.79 Å². The summed E-state index contributed by atoms with van der Waals surface area (Å²) in [6.07, 6.45) is 0. The van der Waals surface area contributed by atoms with Gasteiger partial charge in [-0.25, -0.2) is 4.79 Å². The van der Waals surface area contributed by atoms with Crippen molar-refractivity contribution in [2.45, 2.75) is 6.92 Å². The van der Waals surface area contributed by atoms with Gasteiger partial charge in [0, 0.05) is 6.07 Å². The van der Waals surface area contributed by atoms with Gasteiger partial charge in [0.2, 0.25) is 0 Å². The molecule has 0 fully saturated rings. The van der Waals surface area contributed by atoms with Crippen LogP contribution in [0.4, 0.5) is 5.69 Å². The molecule has 3 heteroatoms. The lowest BCUT2D eigenvalue weighted by atomic mass is 10.2. The van der Waals surface area contributed by atoms with Crippen molar-refractivity contribution in [2.75, 3.05) is 20.6 Å². The Bertz CT molecular complexity index is 345. The fraction of sp³-hybridized carbons (Fsp3) is 0.364. The van der Waals surface area contributed by atoms with Gasteiger partial charge in [0.25, 0.3) is 0 Å². The third-order valence-corrected chi connectivity index (χ3v) is 2.58. The van der Waals surface area contributed by atoms with Crippen LogP contribution in [0.25, 0.3) is 0 Å². The first kappa shape index (κ1) is 10.7. The predicted octanol–water partition coefficient (Wildman–Crippen LogP) is 1.97. The van der Waals surface area contributed by atoms with E-state index >= 15 is 0 Å². The van der Waals surface area contributed by atoms with Crippen LogP contribution in [0.2, 0.25) is 0 Å². The highest BCUT2D eigenvalue weighted by Gasteiger charge is 2.17. The van der Waals surface area contributed by atoms with Gasteiger partial charge in [-0.3, -0.25) is 4.48 Å². The molecule has 3 nitrogen and oxygen atoms in total. The molecule has 0 bridgehead atoms. The Labute approximate surface area is 84.2 Å². The van der Waals surface area contributed by atoms with Gasteiger partial charge in [0.15, 0.2) is 0 Å². The van der Waals surface area contributed by atoms with Crippen LogP contribution in [-0.2, 0) is 0 Å². The summed E-state index contributed by atoms with van der Waals surface area (Å²) < 4.78 is 0.696. The van der Waals surface area contributed by atoms with Crippen LogP contribution in [0, 0.1) is 0 Å². The molecule has 1 aromatic carbocycles. The van der Waals surface area contributed by atoms with Crippen LogP contribution in [0.15, 0.2) is 24.3 Å². The summed E-state index contributed by atoms with van der Waals surface area (Å²) >= 11 is 0. The molecule has 0 aliphatic carbocycles. The van der Waals surface area contributed by atoms with Crippen LogP contribution in [0.3, 0.4) is 0 Å². The van der Waals surface area contributed by atoms with E-state index in [1.807, 2.05) is 6.07 Å². The maximum Gasteiger partial charge on any atom is 0.335 e. The molecule has 0 aliphatic rings. The zero-order valence-electron chi connectivity index (χ0n) is 8.82. The minimum atomic E-state index is -0.872. The van der Waals surface area contributed by atoms with Crippen LogP contribution in [-0.4, -0.2) is 31.7 Å². The number of carbonyl (C=O) groups is 1. The molecule has 0 atom stereocenters. The van der Waals surface area contributed by atoms with Crippen molar-refractivity contribution in [3.05, 3.63) is 29.8 Å². The molecule has 0 aliphatic heterocycles. The second-order valence-electron chi connectivity index (χ2n) is 3.86. The molecule has 0 aromatic heterocycles. The average Bonchev–Trinajstić information content (AvgIpc) is 2.18. The second-order valence-corrected chi connectivity index (χ2v) is 3.86. The summed E-state index contributed by atoms with van der Waals surface area (Å²) in [6.45, 7) is 3.01. The largest absolute Gasteiger partial charge is 0.478 e. The SMILES string of the molecule is CC[N+](C)(C)c1cccc(C(=O)O)c1. The molecular weight excluding hydrogens is 178 g/mol. The fourth-order valence-corrected chi connectivity index (χ4v) is 1.20. The highest BCUT2D eigenvalue weighted by molar-refractivity contribution is 5.88. The predicted molar refractivity (Wildman–Crippen MR) is 57.6 cm³/mol. The molecule has 0 amide bonds. The number of hydrogen-bond acceptors (Lipinski definition) is 1. The normalized spacial score (nSPS) is 11.4. The van der Waals surface area contributed by atoms with E-state index in [-0.39, 0.29) is 0 Å². The molecule has 76 valence electrons. The molecule has 0 unspecified atom stereocenters. The van der Waals surface area contributed by atoms with Crippen molar-refractivity contribution in [1.29, 1.82) is 0 Å². The van der Waals surface area contributed by atoms with Crippen LogP contribution < -0.4 is 4.48 Å². The van der Waals surface area contributed by atoms with Crippen molar-refractivity contribution in [3.63, 3.8) is 0 Å². The van der Waals surface area contributed by atoms with Gasteiger partial charge in [-0.2, -0.15) is 0 Å². The standard InChI is InChI=1S/C11H15NO2/c1-4-12(2,3)10-7-5-6-9(8-10)11(13)14/h5-8H,4H2,1-3H3/p+1. The summed E-state index contributed by atoms with van der Waals surface area (Å²) in [5.74, 6) is -0.872. The van der Waals surface area contributed by atoms with Crippen molar-refractivity contribution in [3.8, 4) is 0 Å². The molecule has 0 saturated carbocycles. The van der Waals surface area contributed by atoms with E-state index in [4.69, 9.17) is 5.11 Å². The van der Waals surface area contributed by atoms with Crippen LogP contribution >= 0.6 is 0 Å². The second kappa shape index (κ2) is 3.80. The lowest BCUT2D eigenvalue weighted by Gasteiger charge is -2.27. The van der Waals surface area contributed by atoms with Crippen molar-refractivity contribution in [1.82, 2.24) is 4.48 Å². The zero-order valence-corrected chi connectivity index (χ0v) is 8.82. The Morgan fingerprint density at radius 3 is 2.57 bits per heavy atom. The lowest BCUT2D eigenvalue weighted by molar-refractivity contribution is 0.0697. The first-order valence-corrected chi connectivity index (χ1v) is 4.64. The minimum Gasteiger partial charge on any atom is -0.478 e. The van der Waals surface area contributed by atoms with E-state index in [2.05, 4.69) is 21.0 Å². The van der Waals surface area contributed by atoms with Gasteiger partial charge < -0.3 is 5.11 Å².